The van der Waals surface area contributed by atoms with Gasteiger partial charge in [0.1, 0.15) is 0 Å². The van der Waals surface area contributed by atoms with E-state index >= 15 is 0 Å². The highest BCUT2D eigenvalue weighted by Gasteiger charge is 2.24. The molecule has 14 heavy (non-hydrogen) atoms. The van der Waals surface area contributed by atoms with Crippen molar-refractivity contribution >= 4 is 0 Å². The van der Waals surface area contributed by atoms with Crippen molar-refractivity contribution in [2.45, 2.75) is 46.0 Å². The zero-order valence-corrected chi connectivity index (χ0v) is 9.55. The van der Waals surface area contributed by atoms with E-state index in [0.29, 0.717) is 5.41 Å². The lowest BCUT2D eigenvalue weighted by Crippen LogP contribution is -2.37. The van der Waals surface area contributed by atoms with Crippen LogP contribution in [0.2, 0.25) is 0 Å². The Balaban J connectivity index is 2.08. The molecule has 0 atom stereocenters. The fourth-order valence-electron chi connectivity index (χ4n) is 1.92. The van der Waals surface area contributed by atoms with E-state index in [9.17, 15) is 0 Å². The molecule has 0 bridgehead atoms. The number of nitriles is 1. The molecule has 0 aliphatic carbocycles. The molecule has 2 heteroatoms. The molecule has 0 N–H and O–H groups in total. The average molecular weight is 194 g/mol. The lowest BCUT2D eigenvalue weighted by molar-refractivity contribution is 0.131. The lowest BCUT2D eigenvalue weighted by atomic mass is 9.82. The summed E-state index contributed by atoms with van der Waals surface area (Å²) in [7, 11) is 0. The molecule has 80 valence electrons. The highest BCUT2D eigenvalue weighted by atomic mass is 15.1. The maximum absolute atomic E-state index is 8.41. The van der Waals surface area contributed by atoms with Crippen molar-refractivity contribution in [3.05, 3.63) is 0 Å². The first-order chi connectivity index (χ1) is 6.64. The Bertz CT molecular complexity index is 193. The third-order valence-corrected chi connectivity index (χ3v) is 3.22. The van der Waals surface area contributed by atoms with E-state index in [4.69, 9.17) is 5.26 Å². The molecule has 0 spiro atoms. The first-order valence-corrected chi connectivity index (χ1v) is 5.73. The van der Waals surface area contributed by atoms with E-state index in [1.807, 2.05) is 0 Å². The lowest BCUT2D eigenvalue weighted by Gasteiger charge is -2.36. The summed E-state index contributed by atoms with van der Waals surface area (Å²) in [6, 6.07) is 2.20. The van der Waals surface area contributed by atoms with Gasteiger partial charge < -0.3 is 4.90 Å². The highest BCUT2D eigenvalue weighted by molar-refractivity contribution is 4.78. The summed E-state index contributed by atoms with van der Waals surface area (Å²) in [6.07, 6.45) is 5.63. The number of unbranched alkanes of at least 4 members (excludes halogenated alkanes) is 2. The minimum absolute atomic E-state index is 0.559. The molecule has 0 amide bonds. The van der Waals surface area contributed by atoms with Gasteiger partial charge in [0, 0.05) is 6.42 Å². The van der Waals surface area contributed by atoms with Crippen molar-refractivity contribution in [2.24, 2.45) is 5.41 Å². The van der Waals surface area contributed by atoms with Crippen LogP contribution >= 0.6 is 0 Å². The maximum atomic E-state index is 8.41. The van der Waals surface area contributed by atoms with E-state index in [1.54, 1.807) is 0 Å². The molecule has 0 radical (unpaired) electrons. The van der Waals surface area contributed by atoms with Crippen molar-refractivity contribution in [2.75, 3.05) is 19.6 Å². The van der Waals surface area contributed by atoms with Crippen LogP contribution in [0.25, 0.3) is 0 Å². The summed E-state index contributed by atoms with van der Waals surface area (Å²) in [5.74, 6) is 0. The van der Waals surface area contributed by atoms with Gasteiger partial charge in [0.15, 0.2) is 0 Å². The Hall–Kier alpha value is -0.550. The van der Waals surface area contributed by atoms with Crippen LogP contribution in [-0.4, -0.2) is 24.5 Å². The fraction of sp³-hybridized carbons (Fsp3) is 0.917. The van der Waals surface area contributed by atoms with Crippen LogP contribution in [0.3, 0.4) is 0 Å². The van der Waals surface area contributed by atoms with Crippen molar-refractivity contribution in [1.29, 1.82) is 5.26 Å². The zero-order valence-electron chi connectivity index (χ0n) is 9.55. The van der Waals surface area contributed by atoms with Crippen molar-refractivity contribution in [1.82, 2.24) is 4.90 Å². The normalized spacial score (nSPS) is 21.8. The van der Waals surface area contributed by atoms with Crippen LogP contribution < -0.4 is 0 Å². The van der Waals surface area contributed by atoms with Gasteiger partial charge in [0.25, 0.3) is 0 Å². The molecule has 0 unspecified atom stereocenters. The van der Waals surface area contributed by atoms with E-state index in [0.717, 1.165) is 12.8 Å². The Morgan fingerprint density at radius 2 is 1.86 bits per heavy atom. The SMILES string of the molecule is CC1(C)CCN(CCCCC#N)CC1. The quantitative estimate of drug-likeness (QED) is 0.643. The summed E-state index contributed by atoms with van der Waals surface area (Å²) in [5.41, 5.74) is 0.559. The molecule has 1 saturated heterocycles. The first-order valence-electron chi connectivity index (χ1n) is 5.73. The van der Waals surface area contributed by atoms with Crippen molar-refractivity contribution in [3.8, 4) is 6.07 Å². The second-order valence-corrected chi connectivity index (χ2v) is 5.12. The second kappa shape index (κ2) is 5.36. The van der Waals surface area contributed by atoms with Gasteiger partial charge in [0.05, 0.1) is 6.07 Å². The average Bonchev–Trinajstić information content (AvgIpc) is 2.15. The Labute approximate surface area is 87.9 Å². The molecular weight excluding hydrogens is 172 g/mol. The van der Waals surface area contributed by atoms with Gasteiger partial charge in [-0.15, -0.1) is 0 Å². The topological polar surface area (TPSA) is 27.0 Å². The van der Waals surface area contributed by atoms with Gasteiger partial charge in [0.2, 0.25) is 0 Å². The predicted molar refractivity (Wildman–Crippen MR) is 58.9 cm³/mol. The molecule has 1 heterocycles. The van der Waals surface area contributed by atoms with E-state index in [-0.39, 0.29) is 0 Å². The number of piperidine rings is 1. The third-order valence-electron chi connectivity index (χ3n) is 3.22. The van der Waals surface area contributed by atoms with Gasteiger partial charge in [-0.25, -0.2) is 0 Å². The van der Waals surface area contributed by atoms with E-state index in [1.165, 1.54) is 38.9 Å². The van der Waals surface area contributed by atoms with Crippen LogP contribution in [0.15, 0.2) is 0 Å². The summed E-state index contributed by atoms with van der Waals surface area (Å²) in [4.78, 5) is 2.54. The Kier molecular flexibility index (Phi) is 4.41. The fourth-order valence-corrected chi connectivity index (χ4v) is 1.92. The van der Waals surface area contributed by atoms with Gasteiger partial charge >= 0.3 is 0 Å². The monoisotopic (exact) mass is 194 g/mol. The summed E-state index contributed by atoms with van der Waals surface area (Å²) < 4.78 is 0. The number of rotatable bonds is 4. The molecule has 0 saturated carbocycles. The van der Waals surface area contributed by atoms with Crippen LogP contribution in [0.4, 0.5) is 0 Å². The summed E-state index contributed by atoms with van der Waals surface area (Å²) in [5, 5.41) is 8.41. The molecule has 1 aliphatic rings. The van der Waals surface area contributed by atoms with Crippen LogP contribution in [-0.2, 0) is 0 Å². The highest BCUT2D eigenvalue weighted by Crippen LogP contribution is 2.29. The van der Waals surface area contributed by atoms with Gasteiger partial charge in [-0.2, -0.15) is 5.26 Å². The van der Waals surface area contributed by atoms with Crippen molar-refractivity contribution < 1.29 is 0 Å². The number of likely N-dealkylation sites (tertiary alicyclic amines) is 1. The molecule has 1 rings (SSSR count). The van der Waals surface area contributed by atoms with Gasteiger partial charge in [-0.05, 0) is 50.7 Å². The standard InChI is InChI=1S/C12H22N2/c1-12(2)6-10-14(11-7-12)9-5-3-4-8-13/h3-7,9-11H2,1-2H3. The first kappa shape index (κ1) is 11.5. The molecule has 0 aromatic carbocycles. The van der Waals surface area contributed by atoms with E-state index < -0.39 is 0 Å². The predicted octanol–water partition coefficient (Wildman–Crippen LogP) is 2.80. The summed E-state index contributed by atoms with van der Waals surface area (Å²) in [6.45, 7) is 8.41. The van der Waals surface area contributed by atoms with Gasteiger partial charge in [-0.1, -0.05) is 13.8 Å². The number of hydrogen-bond donors (Lipinski definition) is 0. The molecule has 2 nitrogen and oxygen atoms in total. The maximum Gasteiger partial charge on any atom is 0.0621 e. The smallest absolute Gasteiger partial charge is 0.0621 e. The molecule has 1 fully saturated rings. The minimum atomic E-state index is 0.559. The molecule has 0 aromatic heterocycles. The van der Waals surface area contributed by atoms with E-state index in [2.05, 4.69) is 24.8 Å². The summed E-state index contributed by atoms with van der Waals surface area (Å²) >= 11 is 0. The molecular formula is C12H22N2. The number of hydrogen-bond acceptors (Lipinski definition) is 2. The minimum Gasteiger partial charge on any atom is -0.303 e. The van der Waals surface area contributed by atoms with Crippen LogP contribution in [0, 0.1) is 16.7 Å². The van der Waals surface area contributed by atoms with Gasteiger partial charge in [-0.3, -0.25) is 0 Å². The second-order valence-electron chi connectivity index (χ2n) is 5.12. The van der Waals surface area contributed by atoms with Crippen LogP contribution in [0.1, 0.15) is 46.0 Å². The Morgan fingerprint density at radius 1 is 1.21 bits per heavy atom. The van der Waals surface area contributed by atoms with Crippen LogP contribution in [0.5, 0.6) is 0 Å². The number of nitrogens with zero attached hydrogens (tertiary/aromatic N) is 2. The third kappa shape index (κ3) is 4.11. The molecule has 1 aliphatic heterocycles. The zero-order chi connectivity index (χ0) is 10.4. The Morgan fingerprint density at radius 3 is 2.43 bits per heavy atom. The largest absolute Gasteiger partial charge is 0.303 e. The van der Waals surface area contributed by atoms with Crippen molar-refractivity contribution in [3.63, 3.8) is 0 Å². The molecule has 0 aromatic rings.